The van der Waals surface area contributed by atoms with Crippen LogP contribution in [0, 0.1) is 18.3 Å². The lowest BCUT2D eigenvalue weighted by molar-refractivity contribution is 0.396. The van der Waals surface area contributed by atoms with Crippen LogP contribution in [0.25, 0.3) is 16.7 Å². The van der Waals surface area contributed by atoms with Crippen LogP contribution in [0.5, 0.6) is 0 Å². The zero-order valence-electron chi connectivity index (χ0n) is 16.9. The summed E-state index contributed by atoms with van der Waals surface area (Å²) in [7, 11) is 0. The van der Waals surface area contributed by atoms with Crippen LogP contribution in [0.4, 0.5) is 11.5 Å². The van der Waals surface area contributed by atoms with Crippen LogP contribution in [-0.4, -0.2) is 46.8 Å². The minimum absolute atomic E-state index is 0.599. The van der Waals surface area contributed by atoms with Gasteiger partial charge < -0.3 is 9.80 Å². The average Bonchev–Trinajstić information content (AvgIpc) is 3.18. The molecule has 0 atom stereocenters. The molecule has 0 spiro atoms. The lowest BCUT2D eigenvalue weighted by Gasteiger charge is -2.35. The molecule has 1 aliphatic heterocycles. The van der Waals surface area contributed by atoms with Crippen molar-refractivity contribution in [2.75, 3.05) is 31.1 Å². The van der Waals surface area contributed by atoms with Crippen molar-refractivity contribution in [3.05, 3.63) is 71.8 Å². The van der Waals surface area contributed by atoms with Crippen molar-refractivity contribution >= 4 is 34.5 Å². The fourth-order valence-electron chi connectivity index (χ4n) is 4.04. The number of aromatic nitrogens is 2. The van der Waals surface area contributed by atoms with Crippen LogP contribution < -0.4 is 4.90 Å². The second-order valence-electron chi connectivity index (χ2n) is 7.54. The second-order valence-corrected chi connectivity index (χ2v) is 7.54. The molecule has 2 aromatic heterocycles. The lowest BCUT2D eigenvalue weighted by Crippen LogP contribution is -2.45. The molecule has 0 radical (unpaired) electrons. The molecule has 0 unspecified atom stereocenters. The second kappa shape index (κ2) is 7.53. The summed E-state index contributed by atoms with van der Waals surface area (Å²) in [5, 5.41) is 9.63. The van der Waals surface area contributed by atoms with Gasteiger partial charge in [-0.15, -0.1) is 0 Å². The zero-order valence-corrected chi connectivity index (χ0v) is 16.9. The Morgan fingerprint density at radius 3 is 2.50 bits per heavy atom. The number of para-hydroxylation sites is 3. The highest BCUT2D eigenvalue weighted by molar-refractivity contribution is 5.85. The summed E-state index contributed by atoms with van der Waals surface area (Å²) < 4.78 is 1.98. The van der Waals surface area contributed by atoms with E-state index in [1.807, 2.05) is 54.1 Å². The molecule has 1 aliphatic rings. The molecule has 0 aliphatic carbocycles. The number of hydrogen-bond acceptors (Lipinski definition) is 4. The van der Waals surface area contributed by atoms with Gasteiger partial charge in [0.2, 0.25) is 0 Å². The van der Waals surface area contributed by atoms with Crippen molar-refractivity contribution in [2.45, 2.75) is 6.92 Å². The van der Waals surface area contributed by atoms with E-state index in [1.165, 1.54) is 5.69 Å². The van der Waals surface area contributed by atoms with Gasteiger partial charge >= 0.3 is 0 Å². The molecule has 6 heteroatoms. The predicted molar refractivity (Wildman–Crippen MR) is 121 cm³/mol. The summed E-state index contributed by atoms with van der Waals surface area (Å²) >= 11 is 0. The predicted octanol–water partition coefficient (Wildman–Crippen LogP) is 4.15. The van der Waals surface area contributed by atoms with Crippen LogP contribution in [0.2, 0.25) is 0 Å². The van der Waals surface area contributed by atoms with Crippen molar-refractivity contribution in [1.82, 2.24) is 14.3 Å². The number of nitrogens with zero attached hydrogens (tertiary/aromatic N) is 6. The van der Waals surface area contributed by atoms with E-state index < -0.39 is 0 Å². The zero-order chi connectivity index (χ0) is 20.5. The number of rotatable bonds is 3. The number of piperazine rings is 1. The van der Waals surface area contributed by atoms with Gasteiger partial charge in [-0.3, -0.25) is 4.40 Å². The minimum Gasteiger partial charge on any atom is -0.368 e. The summed E-state index contributed by atoms with van der Waals surface area (Å²) in [6, 6.07) is 22.7. The van der Waals surface area contributed by atoms with Gasteiger partial charge in [0, 0.05) is 31.9 Å². The van der Waals surface area contributed by atoms with Gasteiger partial charge in [0.05, 0.1) is 22.9 Å². The summed E-state index contributed by atoms with van der Waals surface area (Å²) in [6.45, 7) is 5.70. The Labute approximate surface area is 175 Å². The highest BCUT2D eigenvalue weighted by Gasteiger charge is 2.17. The third kappa shape index (κ3) is 3.15. The van der Waals surface area contributed by atoms with Gasteiger partial charge in [-0.05, 0) is 42.8 Å². The quantitative estimate of drug-likeness (QED) is 0.387. The SMILES string of the molecule is Cc1cc(N=CN2CCN(c3ccccc3)CC2)n2c(nc3ccccc32)c1C#N. The Bertz CT molecular complexity index is 1270. The van der Waals surface area contributed by atoms with Gasteiger partial charge in [0.25, 0.3) is 0 Å². The molecule has 30 heavy (non-hydrogen) atoms. The van der Waals surface area contributed by atoms with Crippen LogP contribution in [0.15, 0.2) is 65.7 Å². The van der Waals surface area contributed by atoms with Crippen molar-refractivity contribution < 1.29 is 0 Å². The van der Waals surface area contributed by atoms with E-state index >= 15 is 0 Å². The van der Waals surface area contributed by atoms with E-state index in [4.69, 9.17) is 9.98 Å². The van der Waals surface area contributed by atoms with E-state index in [1.54, 1.807) is 0 Å². The third-order valence-corrected chi connectivity index (χ3v) is 5.65. The standard InChI is InChI=1S/C24H22N6/c1-18-15-23(30-22-10-6-5-9-21(22)27-24(30)20(18)16-25)26-17-28-11-13-29(14-12-28)19-7-3-2-4-8-19/h2-10,15,17H,11-14H2,1H3. The van der Waals surface area contributed by atoms with Crippen LogP contribution in [0.1, 0.15) is 11.1 Å². The Balaban J connectivity index is 1.45. The fraction of sp³-hybridized carbons (Fsp3) is 0.208. The molecule has 0 saturated carbocycles. The Morgan fingerprint density at radius 1 is 1.00 bits per heavy atom. The normalized spacial score (nSPS) is 14.7. The highest BCUT2D eigenvalue weighted by Crippen LogP contribution is 2.28. The molecule has 0 N–H and O–H groups in total. The van der Waals surface area contributed by atoms with Gasteiger partial charge in [-0.1, -0.05) is 30.3 Å². The van der Waals surface area contributed by atoms with Crippen molar-refractivity contribution in [1.29, 1.82) is 5.26 Å². The topological polar surface area (TPSA) is 59.9 Å². The Kier molecular flexibility index (Phi) is 4.56. The van der Waals surface area contributed by atoms with Gasteiger partial charge in [-0.2, -0.15) is 5.26 Å². The molecule has 1 fully saturated rings. The van der Waals surface area contributed by atoms with E-state index in [-0.39, 0.29) is 0 Å². The van der Waals surface area contributed by atoms with Crippen molar-refractivity contribution in [3.8, 4) is 6.07 Å². The summed E-state index contributed by atoms with van der Waals surface area (Å²) in [4.78, 5) is 14.2. The number of nitriles is 1. The molecule has 0 bridgehead atoms. The maximum absolute atomic E-state index is 9.63. The molecule has 3 heterocycles. The molecule has 5 rings (SSSR count). The number of benzene rings is 2. The number of aliphatic imine (C=N–C) groups is 1. The summed E-state index contributed by atoms with van der Waals surface area (Å²) in [5.41, 5.74) is 5.25. The van der Waals surface area contributed by atoms with Crippen LogP contribution in [-0.2, 0) is 0 Å². The average molecular weight is 394 g/mol. The largest absolute Gasteiger partial charge is 0.368 e. The first-order chi connectivity index (χ1) is 14.7. The number of pyridine rings is 1. The molecule has 2 aromatic carbocycles. The number of aryl methyl sites for hydroxylation is 1. The number of imidazole rings is 1. The Hall–Kier alpha value is -3.85. The van der Waals surface area contributed by atoms with Crippen LogP contribution in [0.3, 0.4) is 0 Å². The fourth-order valence-corrected chi connectivity index (χ4v) is 4.04. The molecule has 148 valence electrons. The van der Waals surface area contributed by atoms with Gasteiger partial charge in [0.15, 0.2) is 5.65 Å². The van der Waals surface area contributed by atoms with E-state index in [9.17, 15) is 5.26 Å². The van der Waals surface area contributed by atoms with Gasteiger partial charge in [0.1, 0.15) is 11.9 Å². The molecular weight excluding hydrogens is 372 g/mol. The highest BCUT2D eigenvalue weighted by atomic mass is 15.3. The minimum atomic E-state index is 0.599. The molecular formula is C24H22N6. The van der Waals surface area contributed by atoms with Crippen molar-refractivity contribution in [3.63, 3.8) is 0 Å². The van der Waals surface area contributed by atoms with E-state index in [0.29, 0.717) is 11.2 Å². The summed E-state index contributed by atoms with van der Waals surface area (Å²) in [5.74, 6) is 0.792. The van der Waals surface area contributed by atoms with E-state index in [2.05, 4.69) is 40.1 Å². The molecule has 1 saturated heterocycles. The maximum atomic E-state index is 9.63. The smallest absolute Gasteiger partial charge is 0.157 e. The molecule has 6 nitrogen and oxygen atoms in total. The first-order valence-electron chi connectivity index (χ1n) is 10.1. The first kappa shape index (κ1) is 18.2. The summed E-state index contributed by atoms with van der Waals surface area (Å²) in [6.07, 6.45) is 1.93. The van der Waals surface area contributed by atoms with Crippen molar-refractivity contribution in [2.24, 2.45) is 4.99 Å². The first-order valence-corrected chi connectivity index (χ1v) is 10.1. The Morgan fingerprint density at radius 2 is 1.73 bits per heavy atom. The van der Waals surface area contributed by atoms with Crippen LogP contribution >= 0.6 is 0 Å². The molecule has 0 amide bonds. The number of anilines is 1. The maximum Gasteiger partial charge on any atom is 0.157 e. The van der Waals surface area contributed by atoms with Gasteiger partial charge in [-0.25, -0.2) is 9.98 Å². The number of hydrogen-bond donors (Lipinski definition) is 0. The third-order valence-electron chi connectivity index (χ3n) is 5.65. The number of fused-ring (bicyclic) bond motifs is 3. The lowest BCUT2D eigenvalue weighted by atomic mass is 10.1. The molecule has 4 aromatic rings. The monoisotopic (exact) mass is 394 g/mol. The van der Waals surface area contributed by atoms with E-state index in [0.717, 1.165) is 48.6 Å².